The minimum Gasteiger partial charge on any atom is -0.325 e. The topological polar surface area (TPSA) is 72.7 Å². The molecule has 3 aromatic rings. The molecule has 2 aromatic heterocycles. The van der Waals surface area contributed by atoms with E-state index in [1.807, 2.05) is 25.1 Å². The molecule has 0 bridgehead atoms. The van der Waals surface area contributed by atoms with Gasteiger partial charge in [0.05, 0.1) is 10.8 Å². The first-order valence-corrected chi connectivity index (χ1v) is 9.14. The SMILES string of the molecule is CCn1c(SC(C)C(=O)Nc2ccccc2)nnc1-c1cnc(F)cc1F. The number of amides is 1. The van der Waals surface area contributed by atoms with Crippen LogP contribution in [0.15, 0.2) is 47.8 Å². The van der Waals surface area contributed by atoms with E-state index in [2.05, 4.69) is 20.5 Å². The smallest absolute Gasteiger partial charge is 0.237 e. The maximum absolute atomic E-state index is 14.1. The molecule has 1 amide bonds. The van der Waals surface area contributed by atoms with E-state index in [-0.39, 0.29) is 17.3 Å². The van der Waals surface area contributed by atoms with Gasteiger partial charge in [0.15, 0.2) is 11.0 Å². The van der Waals surface area contributed by atoms with Gasteiger partial charge in [-0.1, -0.05) is 30.0 Å². The number of rotatable bonds is 6. The van der Waals surface area contributed by atoms with E-state index in [1.165, 1.54) is 11.8 Å². The number of halogens is 2. The van der Waals surface area contributed by atoms with Crippen LogP contribution in [0.5, 0.6) is 0 Å². The Morgan fingerprint density at radius 1 is 1.26 bits per heavy atom. The Hall–Kier alpha value is -2.81. The first kappa shape index (κ1) is 19.0. The molecule has 1 N–H and O–H groups in total. The molecule has 0 spiro atoms. The van der Waals surface area contributed by atoms with Gasteiger partial charge in [0.2, 0.25) is 11.9 Å². The maximum Gasteiger partial charge on any atom is 0.237 e. The molecular formula is C18H17F2N5OS. The lowest BCUT2D eigenvalue weighted by molar-refractivity contribution is -0.115. The molecule has 1 unspecified atom stereocenters. The molecule has 140 valence electrons. The molecule has 0 aliphatic carbocycles. The summed E-state index contributed by atoms with van der Waals surface area (Å²) >= 11 is 1.21. The number of carbonyl (C=O) groups is 1. The zero-order valence-electron chi connectivity index (χ0n) is 14.7. The summed E-state index contributed by atoms with van der Waals surface area (Å²) in [6.07, 6.45) is 1.08. The lowest BCUT2D eigenvalue weighted by Gasteiger charge is -2.13. The molecule has 1 aromatic carbocycles. The fourth-order valence-electron chi connectivity index (χ4n) is 2.41. The summed E-state index contributed by atoms with van der Waals surface area (Å²) in [6, 6.07) is 9.82. The van der Waals surface area contributed by atoms with Crippen molar-refractivity contribution in [3.8, 4) is 11.4 Å². The normalized spacial score (nSPS) is 12.0. The van der Waals surface area contributed by atoms with Crippen molar-refractivity contribution < 1.29 is 13.6 Å². The quantitative estimate of drug-likeness (QED) is 0.513. The van der Waals surface area contributed by atoms with Gasteiger partial charge in [-0.25, -0.2) is 9.37 Å². The van der Waals surface area contributed by atoms with E-state index in [1.54, 1.807) is 23.6 Å². The number of anilines is 1. The molecule has 0 radical (unpaired) electrons. The molecule has 9 heteroatoms. The Balaban J connectivity index is 1.79. The van der Waals surface area contributed by atoms with Gasteiger partial charge in [0.1, 0.15) is 5.82 Å². The van der Waals surface area contributed by atoms with Gasteiger partial charge in [-0.15, -0.1) is 10.2 Å². The number of para-hydroxylation sites is 1. The summed E-state index contributed by atoms with van der Waals surface area (Å²) in [5.74, 6) is -1.62. The van der Waals surface area contributed by atoms with Crippen LogP contribution in [-0.4, -0.2) is 30.9 Å². The fraction of sp³-hybridized carbons (Fsp3) is 0.222. The molecule has 3 rings (SSSR count). The number of nitrogens with zero attached hydrogens (tertiary/aromatic N) is 4. The summed E-state index contributed by atoms with van der Waals surface area (Å²) in [4.78, 5) is 15.9. The highest BCUT2D eigenvalue weighted by molar-refractivity contribution is 8.00. The Kier molecular flexibility index (Phi) is 5.80. The van der Waals surface area contributed by atoms with Crippen molar-refractivity contribution in [1.82, 2.24) is 19.7 Å². The number of benzene rings is 1. The Morgan fingerprint density at radius 2 is 2.00 bits per heavy atom. The number of pyridine rings is 1. The van der Waals surface area contributed by atoms with E-state index in [9.17, 15) is 13.6 Å². The molecule has 27 heavy (non-hydrogen) atoms. The number of carbonyl (C=O) groups excluding carboxylic acids is 1. The van der Waals surface area contributed by atoms with Gasteiger partial charge >= 0.3 is 0 Å². The molecule has 1 atom stereocenters. The second kappa shape index (κ2) is 8.26. The first-order valence-electron chi connectivity index (χ1n) is 8.26. The molecule has 2 heterocycles. The van der Waals surface area contributed by atoms with Crippen molar-refractivity contribution in [2.24, 2.45) is 0 Å². The van der Waals surface area contributed by atoms with E-state index in [0.29, 0.717) is 23.5 Å². The third-order valence-electron chi connectivity index (χ3n) is 3.79. The number of thioether (sulfide) groups is 1. The van der Waals surface area contributed by atoms with E-state index in [0.717, 1.165) is 6.20 Å². The number of hydrogen-bond donors (Lipinski definition) is 1. The van der Waals surface area contributed by atoms with Crippen LogP contribution >= 0.6 is 11.8 Å². The van der Waals surface area contributed by atoms with Gasteiger partial charge < -0.3 is 9.88 Å². The van der Waals surface area contributed by atoms with Crippen LogP contribution in [0.2, 0.25) is 0 Å². The van der Waals surface area contributed by atoms with E-state index < -0.39 is 17.0 Å². The molecule has 6 nitrogen and oxygen atoms in total. The van der Waals surface area contributed by atoms with E-state index >= 15 is 0 Å². The molecular weight excluding hydrogens is 372 g/mol. The summed E-state index contributed by atoms with van der Waals surface area (Å²) < 4.78 is 28.8. The minimum absolute atomic E-state index is 0.0546. The van der Waals surface area contributed by atoms with E-state index in [4.69, 9.17) is 0 Å². The third kappa shape index (κ3) is 4.30. The van der Waals surface area contributed by atoms with Crippen molar-refractivity contribution in [1.29, 1.82) is 0 Å². The van der Waals surface area contributed by atoms with Gasteiger partial charge in [0.25, 0.3) is 0 Å². The molecule has 0 fully saturated rings. The van der Waals surface area contributed by atoms with Gasteiger partial charge in [0, 0.05) is 24.5 Å². The van der Waals surface area contributed by atoms with Gasteiger partial charge in [-0.05, 0) is 26.0 Å². The number of nitrogens with one attached hydrogen (secondary N) is 1. The van der Waals surface area contributed by atoms with Crippen LogP contribution in [-0.2, 0) is 11.3 Å². The molecule has 0 saturated heterocycles. The van der Waals surface area contributed by atoms with Crippen LogP contribution in [0.1, 0.15) is 13.8 Å². The van der Waals surface area contributed by atoms with Crippen LogP contribution in [0, 0.1) is 11.8 Å². The van der Waals surface area contributed by atoms with Crippen LogP contribution < -0.4 is 5.32 Å². The third-order valence-corrected chi connectivity index (χ3v) is 4.87. The van der Waals surface area contributed by atoms with Gasteiger partial charge in [-0.3, -0.25) is 4.79 Å². The van der Waals surface area contributed by atoms with Crippen molar-refractivity contribution in [3.05, 3.63) is 54.4 Å². The zero-order valence-corrected chi connectivity index (χ0v) is 15.5. The largest absolute Gasteiger partial charge is 0.325 e. The molecule has 0 saturated carbocycles. The summed E-state index contributed by atoms with van der Waals surface area (Å²) in [5.41, 5.74) is 0.756. The average molecular weight is 389 g/mol. The van der Waals surface area contributed by atoms with Crippen molar-refractivity contribution in [2.75, 3.05) is 5.32 Å². The van der Waals surface area contributed by atoms with Crippen LogP contribution in [0.4, 0.5) is 14.5 Å². The van der Waals surface area contributed by atoms with Crippen molar-refractivity contribution in [3.63, 3.8) is 0 Å². The number of hydrogen-bond acceptors (Lipinski definition) is 5. The predicted octanol–water partition coefficient (Wildman–Crippen LogP) is 3.76. The Bertz CT molecular complexity index is 948. The predicted molar refractivity (Wildman–Crippen MR) is 99.2 cm³/mol. The summed E-state index contributed by atoms with van der Waals surface area (Å²) in [5, 5.41) is 10.9. The average Bonchev–Trinajstić information content (AvgIpc) is 3.04. The maximum atomic E-state index is 14.1. The minimum atomic E-state index is -0.903. The monoisotopic (exact) mass is 389 g/mol. The highest BCUT2D eigenvalue weighted by atomic mass is 32.2. The van der Waals surface area contributed by atoms with Crippen LogP contribution in [0.3, 0.4) is 0 Å². The second-order valence-electron chi connectivity index (χ2n) is 5.65. The fourth-order valence-corrected chi connectivity index (χ4v) is 3.32. The van der Waals surface area contributed by atoms with Crippen molar-refractivity contribution >= 4 is 23.4 Å². The lowest BCUT2D eigenvalue weighted by atomic mass is 10.2. The first-order chi connectivity index (χ1) is 13.0. The lowest BCUT2D eigenvalue weighted by Crippen LogP contribution is -2.22. The van der Waals surface area contributed by atoms with Crippen LogP contribution in [0.25, 0.3) is 11.4 Å². The Labute approximate surface area is 159 Å². The van der Waals surface area contributed by atoms with Crippen molar-refractivity contribution in [2.45, 2.75) is 30.8 Å². The summed E-state index contributed by atoms with van der Waals surface area (Å²) in [6.45, 7) is 4.05. The highest BCUT2D eigenvalue weighted by Crippen LogP contribution is 2.28. The number of aromatic nitrogens is 4. The standard InChI is InChI=1S/C18H17F2N5OS/c1-3-25-16(13-10-21-15(20)9-14(13)19)23-24-18(25)27-11(2)17(26)22-12-7-5-4-6-8-12/h4-11H,3H2,1-2H3,(H,22,26). The molecule has 0 aliphatic heterocycles. The Morgan fingerprint density at radius 3 is 2.67 bits per heavy atom. The second-order valence-corrected chi connectivity index (χ2v) is 6.96. The highest BCUT2D eigenvalue weighted by Gasteiger charge is 2.22. The zero-order chi connectivity index (χ0) is 19.4. The summed E-state index contributed by atoms with van der Waals surface area (Å²) in [7, 11) is 0. The van der Waals surface area contributed by atoms with Gasteiger partial charge in [-0.2, -0.15) is 4.39 Å². The molecule has 0 aliphatic rings.